The van der Waals surface area contributed by atoms with Crippen LogP contribution >= 0.6 is 0 Å². The molecule has 2 N–H and O–H groups in total. The first-order chi connectivity index (χ1) is 9.11. The first-order valence-corrected chi connectivity index (χ1v) is 6.85. The van der Waals surface area contributed by atoms with Gasteiger partial charge in [-0.05, 0) is 49.4 Å². The minimum atomic E-state index is -0.259. The Hall–Kier alpha value is -1.42. The summed E-state index contributed by atoms with van der Waals surface area (Å²) in [6.45, 7) is 3.91. The van der Waals surface area contributed by atoms with E-state index in [1.54, 1.807) is 6.07 Å². The Kier molecular flexibility index (Phi) is 4.53. The zero-order valence-electron chi connectivity index (χ0n) is 11.4. The minimum absolute atomic E-state index is 0.115. The Balaban J connectivity index is 2.09. The first-order valence-electron chi connectivity index (χ1n) is 6.85. The standard InChI is InChI=1S/C15H21FN2O/c1-11-4-5-14(16)9-12(11)8-13(10-17)15(19)18-6-2-3-7-18/h4-5,9,13H,2-3,6-8,10,17H2,1H3. The largest absolute Gasteiger partial charge is 0.342 e. The lowest BCUT2D eigenvalue weighted by Gasteiger charge is -2.22. The summed E-state index contributed by atoms with van der Waals surface area (Å²) in [5.41, 5.74) is 7.62. The Labute approximate surface area is 113 Å². The van der Waals surface area contributed by atoms with Crippen LogP contribution in [0.1, 0.15) is 24.0 Å². The Morgan fingerprint density at radius 1 is 1.42 bits per heavy atom. The maximum Gasteiger partial charge on any atom is 0.227 e. The Morgan fingerprint density at radius 2 is 2.11 bits per heavy atom. The average molecular weight is 264 g/mol. The number of amides is 1. The van der Waals surface area contributed by atoms with E-state index in [9.17, 15) is 9.18 Å². The van der Waals surface area contributed by atoms with E-state index < -0.39 is 0 Å². The second kappa shape index (κ2) is 6.15. The molecule has 1 aromatic rings. The summed E-state index contributed by atoms with van der Waals surface area (Å²) in [4.78, 5) is 14.2. The number of carbonyl (C=O) groups is 1. The van der Waals surface area contributed by atoms with E-state index >= 15 is 0 Å². The second-order valence-corrected chi connectivity index (χ2v) is 5.24. The summed E-state index contributed by atoms with van der Waals surface area (Å²) in [6.07, 6.45) is 2.67. The van der Waals surface area contributed by atoms with Crippen LogP contribution in [0.4, 0.5) is 4.39 Å². The molecule has 1 aliphatic heterocycles. The Morgan fingerprint density at radius 3 is 2.74 bits per heavy atom. The lowest BCUT2D eigenvalue weighted by molar-refractivity contribution is -0.134. The molecule has 3 nitrogen and oxygen atoms in total. The summed E-state index contributed by atoms with van der Waals surface area (Å²) in [6, 6.07) is 4.70. The summed E-state index contributed by atoms with van der Waals surface area (Å²) in [5.74, 6) is -0.382. The van der Waals surface area contributed by atoms with Crippen molar-refractivity contribution < 1.29 is 9.18 Å². The number of rotatable bonds is 4. The van der Waals surface area contributed by atoms with Gasteiger partial charge in [-0.1, -0.05) is 6.07 Å². The second-order valence-electron chi connectivity index (χ2n) is 5.24. The summed E-state index contributed by atoms with van der Waals surface area (Å²) >= 11 is 0. The lowest BCUT2D eigenvalue weighted by Crippen LogP contribution is -2.38. The molecule has 0 spiro atoms. The highest BCUT2D eigenvalue weighted by atomic mass is 19.1. The van der Waals surface area contributed by atoms with Crippen molar-refractivity contribution in [2.75, 3.05) is 19.6 Å². The fourth-order valence-corrected chi connectivity index (χ4v) is 2.59. The zero-order chi connectivity index (χ0) is 13.8. The van der Waals surface area contributed by atoms with E-state index in [1.165, 1.54) is 12.1 Å². The van der Waals surface area contributed by atoms with Gasteiger partial charge in [-0.2, -0.15) is 0 Å². The summed E-state index contributed by atoms with van der Waals surface area (Å²) < 4.78 is 13.3. The number of carbonyl (C=O) groups excluding carboxylic acids is 1. The van der Waals surface area contributed by atoms with Crippen molar-refractivity contribution in [3.05, 3.63) is 35.1 Å². The summed E-state index contributed by atoms with van der Waals surface area (Å²) in [5, 5.41) is 0. The third-order valence-corrected chi connectivity index (χ3v) is 3.83. The van der Waals surface area contributed by atoms with E-state index in [1.807, 2.05) is 11.8 Å². The van der Waals surface area contributed by atoms with Gasteiger partial charge in [-0.15, -0.1) is 0 Å². The molecule has 1 saturated heterocycles. The van der Waals surface area contributed by atoms with E-state index in [4.69, 9.17) is 5.73 Å². The Bertz CT molecular complexity index is 455. The number of likely N-dealkylation sites (tertiary alicyclic amines) is 1. The quantitative estimate of drug-likeness (QED) is 0.902. The van der Waals surface area contributed by atoms with Crippen molar-refractivity contribution >= 4 is 5.91 Å². The molecule has 0 saturated carbocycles. The molecule has 1 heterocycles. The number of nitrogens with two attached hydrogens (primary N) is 1. The van der Waals surface area contributed by atoms with Crippen molar-refractivity contribution in [2.45, 2.75) is 26.2 Å². The van der Waals surface area contributed by atoms with E-state index in [-0.39, 0.29) is 17.6 Å². The molecule has 104 valence electrons. The lowest BCUT2D eigenvalue weighted by atomic mass is 9.95. The van der Waals surface area contributed by atoms with Gasteiger partial charge in [0.1, 0.15) is 5.82 Å². The number of hydrogen-bond donors (Lipinski definition) is 1. The van der Waals surface area contributed by atoms with E-state index in [2.05, 4.69) is 0 Å². The first kappa shape index (κ1) is 14.0. The molecule has 1 unspecified atom stereocenters. The molecule has 4 heteroatoms. The fraction of sp³-hybridized carbons (Fsp3) is 0.533. The van der Waals surface area contributed by atoms with Crippen LogP contribution in [0.3, 0.4) is 0 Å². The molecular weight excluding hydrogens is 243 g/mol. The van der Waals surface area contributed by atoms with E-state index in [0.717, 1.165) is 37.1 Å². The molecule has 1 atom stereocenters. The predicted octanol–water partition coefficient (Wildman–Crippen LogP) is 1.87. The van der Waals surface area contributed by atoms with E-state index in [0.29, 0.717) is 13.0 Å². The van der Waals surface area contributed by atoms with Crippen molar-refractivity contribution in [3.63, 3.8) is 0 Å². The molecule has 1 aromatic carbocycles. The van der Waals surface area contributed by atoms with Gasteiger partial charge < -0.3 is 10.6 Å². The highest BCUT2D eigenvalue weighted by Crippen LogP contribution is 2.18. The molecule has 1 fully saturated rings. The topological polar surface area (TPSA) is 46.3 Å². The molecule has 0 aliphatic carbocycles. The molecule has 1 amide bonds. The van der Waals surface area contributed by atoms with Crippen molar-refractivity contribution in [3.8, 4) is 0 Å². The number of hydrogen-bond acceptors (Lipinski definition) is 2. The smallest absolute Gasteiger partial charge is 0.227 e. The van der Waals surface area contributed by atoms with Gasteiger partial charge in [0, 0.05) is 19.6 Å². The highest BCUT2D eigenvalue weighted by Gasteiger charge is 2.26. The number of aryl methyl sites for hydroxylation is 1. The maximum absolute atomic E-state index is 13.3. The van der Waals surface area contributed by atoms with Crippen LogP contribution < -0.4 is 5.73 Å². The highest BCUT2D eigenvalue weighted by molar-refractivity contribution is 5.79. The third kappa shape index (κ3) is 3.32. The maximum atomic E-state index is 13.3. The SMILES string of the molecule is Cc1ccc(F)cc1CC(CN)C(=O)N1CCCC1. The summed E-state index contributed by atoms with van der Waals surface area (Å²) in [7, 11) is 0. The van der Waals surface area contributed by atoms with Gasteiger partial charge in [-0.3, -0.25) is 4.79 Å². The van der Waals surface area contributed by atoms with Gasteiger partial charge >= 0.3 is 0 Å². The monoisotopic (exact) mass is 264 g/mol. The van der Waals surface area contributed by atoms with Crippen LogP contribution in [0.25, 0.3) is 0 Å². The minimum Gasteiger partial charge on any atom is -0.342 e. The van der Waals surface area contributed by atoms with Crippen molar-refractivity contribution in [2.24, 2.45) is 11.7 Å². The number of benzene rings is 1. The van der Waals surface area contributed by atoms with Crippen LogP contribution in [-0.4, -0.2) is 30.4 Å². The zero-order valence-corrected chi connectivity index (χ0v) is 11.4. The van der Waals surface area contributed by atoms with Gasteiger partial charge in [0.2, 0.25) is 5.91 Å². The van der Waals surface area contributed by atoms with Crippen molar-refractivity contribution in [1.82, 2.24) is 4.90 Å². The average Bonchev–Trinajstić information content (AvgIpc) is 2.93. The molecule has 2 rings (SSSR count). The van der Waals surface area contributed by atoms with Crippen LogP contribution in [-0.2, 0) is 11.2 Å². The van der Waals surface area contributed by atoms with Crippen LogP contribution in [0.5, 0.6) is 0 Å². The predicted molar refractivity (Wildman–Crippen MR) is 73.2 cm³/mol. The van der Waals surface area contributed by atoms with Gasteiger partial charge in [0.25, 0.3) is 0 Å². The van der Waals surface area contributed by atoms with Crippen LogP contribution in [0.15, 0.2) is 18.2 Å². The molecule has 0 bridgehead atoms. The molecule has 0 aromatic heterocycles. The number of nitrogens with zero attached hydrogens (tertiary/aromatic N) is 1. The molecule has 0 radical (unpaired) electrons. The van der Waals surface area contributed by atoms with Gasteiger partial charge in [0.05, 0.1) is 5.92 Å². The normalized spacial score (nSPS) is 16.7. The molecular formula is C15H21FN2O. The number of halogens is 1. The molecule has 1 aliphatic rings. The van der Waals surface area contributed by atoms with Crippen LogP contribution in [0.2, 0.25) is 0 Å². The molecule has 19 heavy (non-hydrogen) atoms. The van der Waals surface area contributed by atoms with Gasteiger partial charge in [-0.25, -0.2) is 4.39 Å². The van der Waals surface area contributed by atoms with Crippen molar-refractivity contribution in [1.29, 1.82) is 0 Å². The fourth-order valence-electron chi connectivity index (χ4n) is 2.59. The van der Waals surface area contributed by atoms with Crippen LogP contribution in [0, 0.1) is 18.7 Å². The van der Waals surface area contributed by atoms with Gasteiger partial charge in [0.15, 0.2) is 0 Å². The third-order valence-electron chi connectivity index (χ3n) is 3.83.